The molecule has 0 saturated heterocycles. The Morgan fingerprint density at radius 3 is 1.94 bits per heavy atom. The van der Waals surface area contributed by atoms with Gasteiger partial charge in [0.15, 0.2) is 0 Å². The van der Waals surface area contributed by atoms with Crippen LogP contribution in [0.15, 0.2) is 0 Å². The molecule has 0 aliphatic carbocycles. The van der Waals surface area contributed by atoms with Gasteiger partial charge in [-0.1, -0.05) is 33.6 Å². The van der Waals surface area contributed by atoms with Crippen molar-refractivity contribution in [3.8, 4) is 0 Å². The fourth-order valence-electron chi connectivity index (χ4n) is 1.97. The SMILES string of the molecule is CCCCN(CCCC)CC[C@@H](C)NCCC. The normalized spacial score (nSPS) is 13.2. The third-order valence-corrected chi connectivity index (χ3v) is 3.28. The van der Waals surface area contributed by atoms with Gasteiger partial charge >= 0.3 is 0 Å². The molecule has 0 bridgehead atoms. The maximum absolute atomic E-state index is 3.57. The van der Waals surface area contributed by atoms with Crippen LogP contribution in [0, 0.1) is 0 Å². The van der Waals surface area contributed by atoms with Gasteiger partial charge in [-0.2, -0.15) is 0 Å². The molecule has 1 atom stereocenters. The van der Waals surface area contributed by atoms with Crippen molar-refractivity contribution in [1.82, 2.24) is 10.2 Å². The summed E-state index contributed by atoms with van der Waals surface area (Å²) >= 11 is 0. The second-order valence-electron chi connectivity index (χ2n) is 5.19. The molecule has 0 rings (SSSR count). The molecule has 2 heteroatoms. The van der Waals surface area contributed by atoms with Crippen LogP contribution in [-0.4, -0.2) is 37.1 Å². The first-order valence-electron chi connectivity index (χ1n) is 7.70. The quantitative estimate of drug-likeness (QED) is 0.562. The van der Waals surface area contributed by atoms with Gasteiger partial charge < -0.3 is 10.2 Å². The zero-order valence-corrected chi connectivity index (χ0v) is 12.6. The lowest BCUT2D eigenvalue weighted by molar-refractivity contribution is 0.251. The summed E-state index contributed by atoms with van der Waals surface area (Å²) in [6.07, 6.45) is 7.84. The molecule has 104 valence electrons. The fourth-order valence-corrected chi connectivity index (χ4v) is 1.97. The van der Waals surface area contributed by atoms with E-state index >= 15 is 0 Å². The summed E-state index contributed by atoms with van der Waals surface area (Å²) in [6.45, 7) is 14.1. The molecule has 0 aromatic carbocycles. The molecule has 0 saturated carbocycles. The Bertz CT molecular complexity index is 140. The Morgan fingerprint density at radius 1 is 0.882 bits per heavy atom. The largest absolute Gasteiger partial charge is 0.314 e. The Morgan fingerprint density at radius 2 is 1.47 bits per heavy atom. The molecule has 0 aromatic rings. The van der Waals surface area contributed by atoms with Crippen molar-refractivity contribution in [3.05, 3.63) is 0 Å². The summed E-state index contributed by atoms with van der Waals surface area (Å²) in [5, 5.41) is 3.57. The molecule has 2 nitrogen and oxygen atoms in total. The Labute approximate surface area is 109 Å². The van der Waals surface area contributed by atoms with E-state index in [1.165, 1.54) is 58.2 Å². The highest BCUT2D eigenvalue weighted by Gasteiger charge is 2.06. The monoisotopic (exact) mass is 242 g/mol. The summed E-state index contributed by atoms with van der Waals surface area (Å²) in [7, 11) is 0. The molecule has 0 amide bonds. The van der Waals surface area contributed by atoms with Gasteiger partial charge in [0.2, 0.25) is 0 Å². The second kappa shape index (κ2) is 12.4. The van der Waals surface area contributed by atoms with Crippen molar-refractivity contribution in [1.29, 1.82) is 0 Å². The predicted molar refractivity (Wildman–Crippen MR) is 78.6 cm³/mol. The van der Waals surface area contributed by atoms with Gasteiger partial charge in [-0.25, -0.2) is 0 Å². The number of nitrogens with one attached hydrogen (secondary N) is 1. The lowest BCUT2D eigenvalue weighted by Gasteiger charge is -2.24. The zero-order chi connectivity index (χ0) is 12.9. The van der Waals surface area contributed by atoms with E-state index in [1.54, 1.807) is 0 Å². The lowest BCUT2D eigenvalue weighted by Crippen LogP contribution is -2.34. The fraction of sp³-hybridized carbons (Fsp3) is 1.00. The molecule has 0 aliphatic heterocycles. The average Bonchev–Trinajstić information content (AvgIpc) is 2.35. The Hall–Kier alpha value is -0.0800. The van der Waals surface area contributed by atoms with Crippen LogP contribution in [0.5, 0.6) is 0 Å². The summed E-state index contributed by atoms with van der Waals surface area (Å²) in [5.41, 5.74) is 0. The van der Waals surface area contributed by atoms with Gasteiger partial charge in [0.1, 0.15) is 0 Å². The average molecular weight is 242 g/mol. The van der Waals surface area contributed by atoms with Gasteiger partial charge in [-0.3, -0.25) is 0 Å². The first-order chi connectivity index (χ1) is 8.24. The summed E-state index contributed by atoms with van der Waals surface area (Å²) in [4.78, 5) is 2.65. The first-order valence-corrected chi connectivity index (χ1v) is 7.70. The van der Waals surface area contributed by atoms with Crippen LogP contribution in [0.2, 0.25) is 0 Å². The smallest absolute Gasteiger partial charge is 0.00508 e. The summed E-state index contributed by atoms with van der Waals surface area (Å²) < 4.78 is 0. The summed E-state index contributed by atoms with van der Waals surface area (Å²) in [5.74, 6) is 0. The lowest BCUT2D eigenvalue weighted by atomic mass is 10.2. The topological polar surface area (TPSA) is 15.3 Å². The highest BCUT2D eigenvalue weighted by molar-refractivity contribution is 4.65. The highest BCUT2D eigenvalue weighted by atomic mass is 15.1. The highest BCUT2D eigenvalue weighted by Crippen LogP contribution is 2.02. The molecule has 0 heterocycles. The minimum Gasteiger partial charge on any atom is -0.314 e. The molecule has 0 radical (unpaired) electrons. The van der Waals surface area contributed by atoms with Crippen molar-refractivity contribution in [2.45, 2.75) is 72.3 Å². The van der Waals surface area contributed by atoms with E-state index in [-0.39, 0.29) is 0 Å². The summed E-state index contributed by atoms with van der Waals surface area (Å²) in [6, 6.07) is 0.667. The van der Waals surface area contributed by atoms with Crippen LogP contribution in [0.3, 0.4) is 0 Å². The predicted octanol–water partition coefficient (Wildman–Crippen LogP) is 3.67. The molecular formula is C15H34N2. The van der Waals surface area contributed by atoms with Crippen LogP contribution in [0.25, 0.3) is 0 Å². The van der Waals surface area contributed by atoms with Crippen molar-refractivity contribution in [2.75, 3.05) is 26.2 Å². The van der Waals surface area contributed by atoms with Crippen LogP contribution >= 0.6 is 0 Å². The Kier molecular flexibility index (Phi) is 12.3. The van der Waals surface area contributed by atoms with E-state index in [4.69, 9.17) is 0 Å². The van der Waals surface area contributed by atoms with Gasteiger partial charge in [-0.15, -0.1) is 0 Å². The molecule has 0 aromatic heterocycles. The minimum atomic E-state index is 0.667. The second-order valence-corrected chi connectivity index (χ2v) is 5.19. The van der Waals surface area contributed by atoms with E-state index in [0.29, 0.717) is 6.04 Å². The molecule has 17 heavy (non-hydrogen) atoms. The number of unbranched alkanes of at least 4 members (excludes halogenated alkanes) is 2. The minimum absolute atomic E-state index is 0.667. The van der Waals surface area contributed by atoms with Crippen LogP contribution in [0.4, 0.5) is 0 Å². The van der Waals surface area contributed by atoms with Crippen LogP contribution in [0.1, 0.15) is 66.2 Å². The van der Waals surface area contributed by atoms with Crippen LogP contribution in [-0.2, 0) is 0 Å². The number of nitrogens with zero attached hydrogens (tertiary/aromatic N) is 1. The van der Waals surface area contributed by atoms with E-state index in [2.05, 4.69) is 37.9 Å². The molecule has 0 aliphatic rings. The molecule has 0 fully saturated rings. The van der Waals surface area contributed by atoms with Crippen molar-refractivity contribution in [2.24, 2.45) is 0 Å². The van der Waals surface area contributed by atoms with E-state index in [0.717, 1.165) is 6.54 Å². The number of rotatable bonds is 12. The maximum atomic E-state index is 3.57. The van der Waals surface area contributed by atoms with Gasteiger partial charge in [0.05, 0.1) is 0 Å². The number of hydrogen-bond acceptors (Lipinski definition) is 2. The third-order valence-electron chi connectivity index (χ3n) is 3.28. The van der Waals surface area contributed by atoms with Gasteiger partial charge in [-0.05, 0) is 58.8 Å². The van der Waals surface area contributed by atoms with Gasteiger partial charge in [0, 0.05) is 6.04 Å². The van der Waals surface area contributed by atoms with Gasteiger partial charge in [0.25, 0.3) is 0 Å². The molecule has 0 unspecified atom stereocenters. The number of hydrogen-bond donors (Lipinski definition) is 1. The van der Waals surface area contributed by atoms with E-state index in [1.807, 2.05) is 0 Å². The van der Waals surface area contributed by atoms with Crippen molar-refractivity contribution < 1.29 is 0 Å². The molecular weight excluding hydrogens is 208 g/mol. The Balaban J connectivity index is 3.71. The van der Waals surface area contributed by atoms with E-state index in [9.17, 15) is 0 Å². The van der Waals surface area contributed by atoms with Crippen LogP contribution < -0.4 is 5.32 Å². The third kappa shape index (κ3) is 10.8. The molecule has 1 N–H and O–H groups in total. The first kappa shape index (κ1) is 16.9. The van der Waals surface area contributed by atoms with Crippen molar-refractivity contribution in [3.63, 3.8) is 0 Å². The maximum Gasteiger partial charge on any atom is 0.00508 e. The molecule has 0 spiro atoms. The van der Waals surface area contributed by atoms with E-state index < -0.39 is 0 Å². The zero-order valence-electron chi connectivity index (χ0n) is 12.6. The van der Waals surface area contributed by atoms with Crippen molar-refractivity contribution >= 4 is 0 Å². The standard InChI is InChI=1S/C15H34N2/c1-5-8-12-17(13-9-6-2)14-10-15(4)16-11-7-3/h15-16H,5-14H2,1-4H3/t15-/m1/s1.